The highest BCUT2D eigenvalue weighted by Crippen LogP contribution is 2.35. The number of hydrazone groups is 1. The standard InChI is InChI=1S/C22H19Br2N3O4/c1-30-21-5-3-2-4-17(21)13-26-25-12-16-10-19(23)22(20(24)11-16)31-14-15-6-8-18(9-7-15)27(28)29/h2-12,26H,13-14H2,1H3/b25-12-. The molecule has 3 aromatic carbocycles. The van der Waals surface area contributed by atoms with Crippen molar-refractivity contribution >= 4 is 43.8 Å². The van der Waals surface area contributed by atoms with Crippen LogP contribution < -0.4 is 14.9 Å². The van der Waals surface area contributed by atoms with Gasteiger partial charge in [0.1, 0.15) is 18.1 Å². The van der Waals surface area contributed by atoms with E-state index in [-0.39, 0.29) is 12.3 Å². The lowest BCUT2D eigenvalue weighted by Crippen LogP contribution is -2.07. The van der Waals surface area contributed by atoms with E-state index >= 15 is 0 Å². The number of para-hydroxylation sites is 1. The van der Waals surface area contributed by atoms with Crippen molar-refractivity contribution in [2.75, 3.05) is 7.11 Å². The molecule has 0 heterocycles. The van der Waals surface area contributed by atoms with Gasteiger partial charge in [-0.2, -0.15) is 5.10 Å². The van der Waals surface area contributed by atoms with Gasteiger partial charge in [-0.15, -0.1) is 0 Å². The van der Waals surface area contributed by atoms with Crippen LogP contribution in [0.25, 0.3) is 0 Å². The Morgan fingerprint density at radius 1 is 1.10 bits per heavy atom. The Bertz CT molecular complexity index is 1070. The van der Waals surface area contributed by atoms with Gasteiger partial charge in [0.05, 0.1) is 33.7 Å². The molecule has 0 amide bonds. The maximum absolute atomic E-state index is 10.7. The Balaban J connectivity index is 1.60. The third-order valence-electron chi connectivity index (χ3n) is 4.32. The van der Waals surface area contributed by atoms with Crippen molar-refractivity contribution in [3.05, 3.63) is 96.4 Å². The number of halogens is 2. The van der Waals surface area contributed by atoms with Gasteiger partial charge in [-0.25, -0.2) is 0 Å². The van der Waals surface area contributed by atoms with E-state index in [0.29, 0.717) is 12.3 Å². The average molecular weight is 549 g/mol. The summed E-state index contributed by atoms with van der Waals surface area (Å²) in [5.74, 6) is 1.45. The zero-order valence-corrected chi connectivity index (χ0v) is 19.7. The summed E-state index contributed by atoms with van der Waals surface area (Å²) in [5.41, 5.74) is 5.78. The molecule has 1 N–H and O–H groups in total. The van der Waals surface area contributed by atoms with E-state index in [1.807, 2.05) is 36.4 Å². The highest BCUT2D eigenvalue weighted by molar-refractivity contribution is 9.11. The number of rotatable bonds is 9. The van der Waals surface area contributed by atoms with Crippen LogP contribution in [-0.2, 0) is 13.2 Å². The second kappa shape index (κ2) is 10.9. The molecule has 0 saturated carbocycles. The van der Waals surface area contributed by atoms with Crippen LogP contribution in [0.2, 0.25) is 0 Å². The Hall–Kier alpha value is -2.91. The van der Waals surface area contributed by atoms with Gasteiger partial charge in [-0.3, -0.25) is 10.1 Å². The molecular weight excluding hydrogens is 530 g/mol. The number of benzene rings is 3. The smallest absolute Gasteiger partial charge is 0.269 e. The minimum absolute atomic E-state index is 0.0501. The topological polar surface area (TPSA) is 86.0 Å². The monoisotopic (exact) mass is 547 g/mol. The van der Waals surface area contributed by atoms with Gasteiger partial charge >= 0.3 is 0 Å². The summed E-state index contributed by atoms with van der Waals surface area (Å²) < 4.78 is 12.7. The van der Waals surface area contributed by atoms with Crippen molar-refractivity contribution in [2.45, 2.75) is 13.2 Å². The second-order valence-electron chi connectivity index (χ2n) is 6.43. The van der Waals surface area contributed by atoms with Crippen molar-refractivity contribution in [1.29, 1.82) is 0 Å². The number of nitrogens with one attached hydrogen (secondary N) is 1. The van der Waals surface area contributed by atoms with Crippen LogP contribution in [0.4, 0.5) is 5.69 Å². The molecule has 0 atom stereocenters. The summed E-state index contributed by atoms with van der Waals surface area (Å²) >= 11 is 7.05. The molecular formula is C22H19Br2N3O4. The normalized spacial score (nSPS) is 10.8. The Morgan fingerprint density at radius 3 is 2.42 bits per heavy atom. The molecule has 0 bridgehead atoms. The lowest BCUT2D eigenvalue weighted by Gasteiger charge is -2.11. The van der Waals surface area contributed by atoms with Gasteiger partial charge in [-0.1, -0.05) is 18.2 Å². The number of ether oxygens (including phenoxy) is 2. The van der Waals surface area contributed by atoms with Crippen molar-refractivity contribution < 1.29 is 14.4 Å². The van der Waals surface area contributed by atoms with E-state index in [1.165, 1.54) is 12.1 Å². The molecule has 7 nitrogen and oxygen atoms in total. The van der Waals surface area contributed by atoms with Crippen LogP contribution in [0.3, 0.4) is 0 Å². The number of hydrogen-bond donors (Lipinski definition) is 1. The van der Waals surface area contributed by atoms with E-state index in [9.17, 15) is 10.1 Å². The fourth-order valence-electron chi connectivity index (χ4n) is 2.76. The average Bonchev–Trinajstić information content (AvgIpc) is 2.76. The molecule has 0 saturated heterocycles. The van der Waals surface area contributed by atoms with Gasteiger partial charge in [-0.05, 0) is 73.3 Å². The summed E-state index contributed by atoms with van der Waals surface area (Å²) in [7, 11) is 1.64. The fourth-order valence-corrected chi connectivity index (χ4v) is 4.21. The number of methoxy groups -OCH3 is 1. The predicted octanol–water partition coefficient (Wildman–Crippen LogP) is 5.83. The predicted molar refractivity (Wildman–Crippen MR) is 127 cm³/mol. The molecule has 0 aromatic heterocycles. The number of nitro groups is 1. The third kappa shape index (κ3) is 6.28. The second-order valence-corrected chi connectivity index (χ2v) is 8.14. The van der Waals surface area contributed by atoms with Gasteiger partial charge in [0.15, 0.2) is 0 Å². The van der Waals surface area contributed by atoms with Crippen LogP contribution in [-0.4, -0.2) is 18.2 Å². The number of nitrogens with zero attached hydrogens (tertiary/aromatic N) is 2. The molecule has 0 aliphatic carbocycles. The molecule has 0 aliphatic heterocycles. The van der Waals surface area contributed by atoms with Crippen molar-refractivity contribution in [3.8, 4) is 11.5 Å². The highest BCUT2D eigenvalue weighted by atomic mass is 79.9. The Labute approximate surface area is 196 Å². The van der Waals surface area contributed by atoms with E-state index in [0.717, 1.165) is 31.4 Å². The largest absolute Gasteiger partial charge is 0.496 e. The van der Waals surface area contributed by atoms with Crippen LogP contribution in [0.15, 0.2) is 74.7 Å². The minimum atomic E-state index is -0.427. The molecule has 0 radical (unpaired) electrons. The van der Waals surface area contributed by atoms with Crippen molar-refractivity contribution in [3.63, 3.8) is 0 Å². The lowest BCUT2D eigenvalue weighted by atomic mass is 10.2. The zero-order valence-electron chi connectivity index (χ0n) is 16.5. The quantitative estimate of drug-likeness (QED) is 0.206. The highest BCUT2D eigenvalue weighted by Gasteiger charge is 2.10. The van der Waals surface area contributed by atoms with Crippen LogP contribution in [0.5, 0.6) is 11.5 Å². The summed E-state index contributed by atoms with van der Waals surface area (Å²) in [4.78, 5) is 10.3. The first-order valence-electron chi connectivity index (χ1n) is 9.21. The SMILES string of the molecule is COc1ccccc1CN/N=C\c1cc(Br)c(OCc2ccc([N+](=O)[O-])cc2)c(Br)c1. The molecule has 31 heavy (non-hydrogen) atoms. The molecule has 0 unspecified atom stereocenters. The fraction of sp³-hybridized carbons (Fsp3) is 0.136. The first-order valence-corrected chi connectivity index (χ1v) is 10.8. The summed E-state index contributed by atoms with van der Waals surface area (Å²) in [6, 6.07) is 17.8. The van der Waals surface area contributed by atoms with Gasteiger partial charge in [0, 0.05) is 17.7 Å². The van der Waals surface area contributed by atoms with Gasteiger partial charge < -0.3 is 14.9 Å². The maximum Gasteiger partial charge on any atom is 0.269 e. The zero-order chi connectivity index (χ0) is 22.2. The summed E-state index contributed by atoms with van der Waals surface area (Å²) in [5, 5.41) is 15.0. The molecule has 3 rings (SSSR count). The van der Waals surface area contributed by atoms with Crippen LogP contribution in [0.1, 0.15) is 16.7 Å². The number of non-ortho nitro benzene ring substituents is 1. The molecule has 0 fully saturated rings. The van der Waals surface area contributed by atoms with Gasteiger partial charge in [0.2, 0.25) is 0 Å². The molecule has 3 aromatic rings. The first kappa shape index (κ1) is 22.8. The Kier molecular flexibility index (Phi) is 8.02. The molecule has 0 aliphatic rings. The van der Waals surface area contributed by atoms with E-state index in [2.05, 4.69) is 42.4 Å². The molecule has 9 heteroatoms. The van der Waals surface area contributed by atoms with E-state index in [4.69, 9.17) is 9.47 Å². The molecule has 160 valence electrons. The lowest BCUT2D eigenvalue weighted by molar-refractivity contribution is -0.384. The van der Waals surface area contributed by atoms with Gasteiger partial charge in [0.25, 0.3) is 5.69 Å². The summed E-state index contributed by atoms with van der Waals surface area (Å²) in [6.45, 7) is 0.822. The minimum Gasteiger partial charge on any atom is -0.496 e. The van der Waals surface area contributed by atoms with Crippen LogP contribution in [0, 0.1) is 10.1 Å². The first-order chi connectivity index (χ1) is 15.0. The summed E-state index contributed by atoms with van der Waals surface area (Å²) in [6.07, 6.45) is 1.71. The number of nitro benzene ring substituents is 1. The van der Waals surface area contributed by atoms with Crippen molar-refractivity contribution in [2.24, 2.45) is 5.10 Å². The van der Waals surface area contributed by atoms with E-state index < -0.39 is 4.92 Å². The maximum atomic E-state index is 10.7. The number of hydrogen-bond acceptors (Lipinski definition) is 6. The Morgan fingerprint density at radius 2 is 1.77 bits per heavy atom. The third-order valence-corrected chi connectivity index (χ3v) is 5.50. The molecule has 0 spiro atoms. The van der Waals surface area contributed by atoms with Crippen molar-refractivity contribution in [1.82, 2.24) is 5.43 Å². The van der Waals surface area contributed by atoms with Crippen LogP contribution >= 0.6 is 31.9 Å². The van der Waals surface area contributed by atoms with E-state index in [1.54, 1.807) is 25.5 Å².